The molecule has 0 saturated carbocycles. The Morgan fingerprint density at radius 1 is 1.05 bits per heavy atom. The van der Waals surface area contributed by atoms with Gasteiger partial charge >= 0.3 is 5.97 Å². The second-order valence-corrected chi connectivity index (χ2v) is 12.6. The van der Waals surface area contributed by atoms with Crippen molar-refractivity contribution >= 4 is 43.5 Å². The van der Waals surface area contributed by atoms with E-state index in [0.717, 1.165) is 16.6 Å². The van der Waals surface area contributed by atoms with Crippen molar-refractivity contribution in [3.8, 4) is 0 Å². The standard InChI is InChI=1S/C27H33N3O6S2/c1-5-36-26(32)21-8-11-23-24(15-21)37-27(30(23)12-13-35-4)28-25(31)20-6-9-22(10-7-20)38(33,34)29-16-18(2)14-19(3)17-29/h6-11,15,18-19H,5,12-14,16-17H2,1-4H3. The molecular weight excluding hydrogens is 526 g/mol. The van der Waals surface area contributed by atoms with Gasteiger partial charge in [0, 0.05) is 32.3 Å². The lowest BCUT2D eigenvalue weighted by atomic mass is 9.94. The largest absolute Gasteiger partial charge is 0.462 e. The molecule has 4 rings (SSSR count). The van der Waals surface area contributed by atoms with E-state index in [-0.39, 0.29) is 17.1 Å². The van der Waals surface area contributed by atoms with E-state index in [1.165, 1.54) is 39.9 Å². The number of aromatic nitrogens is 1. The average Bonchev–Trinajstić information content (AvgIpc) is 3.22. The first-order chi connectivity index (χ1) is 18.1. The zero-order valence-corrected chi connectivity index (χ0v) is 23.7. The number of methoxy groups -OCH3 is 1. The first-order valence-electron chi connectivity index (χ1n) is 12.6. The fourth-order valence-electron chi connectivity index (χ4n) is 4.77. The molecule has 1 aliphatic rings. The van der Waals surface area contributed by atoms with Crippen molar-refractivity contribution in [1.29, 1.82) is 0 Å². The van der Waals surface area contributed by atoms with Gasteiger partial charge in [0.2, 0.25) is 10.0 Å². The fourth-order valence-corrected chi connectivity index (χ4v) is 7.54. The summed E-state index contributed by atoms with van der Waals surface area (Å²) in [5.74, 6) is -0.304. The van der Waals surface area contributed by atoms with Gasteiger partial charge in [-0.1, -0.05) is 25.2 Å². The fraction of sp³-hybridized carbons (Fsp3) is 0.444. The van der Waals surface area contributed by atoms with Gasteiger partial charge in [-0.25, -0.2) is 13.2 Å². The van der Waals surface area contributed by atoms with E-state index < -0.39 is 21.9 Å². The van der Waals surface area contributed by atoms with Gasteiger partial charge in [0.15, 0.2) is 4.80 Å². The maximum absolute atomic E-state index is 13.2. The van der Waals surface area contributed by atoms with Crippen LogP contribution in [-0.4, -0.2) is 62.6 Å². The monoisotopic (exact) mass is 559 g/mol. The minimum atomic E-state index is -3.64. The summed E-state index contributed by atoms with van der Waals surface area (Å²) in [6.45, 7) is 8.01. The normalized spacial score (nSPS) is 19.1. The minimum absolute atomic E-state index is 0.166. The van der Waals surface area contributed by atoms with Gasteiger partial charge < -0.3 is 14.0 Å². The smallest absolute Gasteiger partial charge is 0.338 e. The van der Waals surface area contributed by atoms with Crippen LogP contribution in [0.2, 0.25) is 0 Å². The number of hydrogen-bond donors (Lipinski definition) is 0. The Balaban J connectivity index is 1.64. The molecule has 1 aromatic heterocycles. The lowest BCUT2D eigenvalue weighted by Crippen LogP contribution is -2.42. The third-order valence-corrected chi connectivity index (χ3v) is 9.37. The lowest BCUT2D eigenvalue weighted by Gasteiger charge is -2.34. The van der Waals surface area contributed by atoms with E-state index in [1.807, 2.05) is 4.57 Å². The van der Waals surface area contributed by atoms with Crippen molar-refractivity contribution in [2.45, 2.75) is 38.6 Å². The number of carbonyl (C=O) groups is 2. The summed E-state index contributed by atoms with van der Waals surface area (Å²) in [6, 6.07) is 11.2. The minimum Gasteiger partial charge on any atom is -0.462 e. The number of nitrogens with zero attached hydrogens (tertiary/aromatic N) is 3. The van der Waals surface area contributed by atoms with E-state index in [0.29, 0.717) is 48.4 Å². The number of carbonyl (C=O) groups excluding carboxylic acids is 2. The molecule has 2 heterocycles. The van der Waals surface area contributed by atoms with E-state index in [2.05, 4.69) is 18.8 Å². The van der Waals surface area contributed by atoms with Gasteiger partial charge in [0.1, 0.15) is 0 Å². The number of thiazole rings is 1. The number of ether oxygens (including phenoxy) is 2. The summed E-state index contributed by atoms with van der Waals surface area (Å²) >= 11 is 1.28. The predicted molar refractivity (Wildman–Crippen MR) is 146 cm³/mol. The molecule has 11 heteroatoms. The molecule has 1 aliphatic heterocycles. The van der Waals surface area contributed by atoms with Crippen LogP contribution in [0.3, 0.4) is 0 Å². The van der Waals surface area contributed by atoms with Gasteiger partial charge in [-0.3, -0.25) is 4.79 Å². The summed E-state index contributed by atoms with van der Waals surface area (Å²) in [5.41, 5.74) is 1.53. The molecule has 3 aromatic rings. The second kappa shape index (κ2) is 11.9. The maximum Gasteiger partial charge on any atom is 0.338 e. The second-order valence-electron chi connectivity index (χ2n) is 9.64. The molecule has 2 unspecified atom stereocenters. The number of benzene rings is 2. The highest BCUT2D eigenvalue weighted by atomic mass is 32.2. The number of sulfonamides is 1. The Morgan fingerprint density at radius 2 is 1.71 bits per heavy atom. The number of fused-ring (bicyclic) bond motifs is 1. The van der Waals surface area contributed by atoms with Crippen molar-refractivity contribution in [2.75, 3.05) is 33.4 Å². The van der Waals surface area contributed by atoms with E-state index >= 15 is 0 Å². The van der Waals surface area contributed by atoms with Crippen LogP contribution in [0, 0.1) is 11.8 Å². The maximum atomic E-state index is 13.2. The third-order valence-electron chi connectivity index (χ3n) is 6.48. The quantitative estimate of drug-likeness (QED) is 0.387. The summed E-state index contributed by atoms with van der Waals surface area (Å²) in [5, 5.41) is 0. The highest BCUT2D eigenvalue weighted by molar-refractivity contribution is 7.89. The average molecular weight is 560 g/mol. The molecule has 1 saturated heterocycles. The molecule has 0 bridgehead atoms. The van der Waals surface area contributed by atoms with Crippen LogP contribution in [0.5, 0.6) is 0 Å². The van der Waals surface area contributed by atoms with Crippen molar-refractivity contribution < 1.29 is 27.5 Å². The van der Waals surface area contributed by atoms with E-state index in [1.54, 1.807) is 32.2 Å². The summed E-state index contributed by atoms with van der Waals surface area (Å²) in [4.78, 5) is 30.2. The topological polar surface area (TPSA) is 107 Å². The number of piperidine rings is 1. The molecule has 0 N–H and O–H groups in total. The highest BCUT2D eigenvalue weighted by Gasteiger charge is 2.31. The van der Waals surface area contributed by atoms with Crippen LogP contribution in [0.1, 0.15) is 47.9 Å². The summed E-state index contributed by atoms with van der Waals surface area (Å²) < 4.78 is 40.9. The number of rotatable bonds is 8. The van der Waals surface area contributed by atoms with Crippen molar-refractivity contribution in [3.05, 3.63) is 58.4 Å². The molecule has 0 spiro atoms. The molecule has 38 heavy (non-hydrogen) atoms. The number of esters is 1. The van der Waals surface area contributed by atoms with Crippen LogP contribution in [0.15, 0.2) is 52.4 Å². The molecule has 1 amide bonds. The number of hydrogen-bond acceptors (Lipinski definition) is 7. The Morgan fingerprint density at radius 3 is 2.34 bits per heavy atom. The van der Waals surface area contributed by atoms with E-state index in [4.69, 9.17) is 9.47 Å². The van der Waals surface area contributed by atoms with Gasteiger partial charge in [0.25, 0.3) is 5.91 Å². The molecule has 2 atom stereocenters. The van der Waals surface area contributed by atoms with Crippen LogP contribution >= 0.6 is 11.3 Å². The molecule has 2 aromatic carbocycles. The third kappa shape index (κ3) is 6.06. The van der Waals surface area contributed by atoms with Gasteiger partial charge in [-0.2, -0.15) is 9.30 Å². The zero-order valence-electron chi connectivity index (χ0n) is 22.0. The SMILES string of the molecule is CCOC(=O)c1ccc2c(c1)sc(=NC(=O)c1ccc(S(=O)(=O)N3CC(C)CC(C)C3)cc1)n2CCOC. The van der Waals surface area contributed by atoms with Crippen LogP contribution in [-0.2, 0) is 26.0 Å². The van der Waals surface area contributed by atoms with Crippen molar-refractivity contribution in [2.24, 2.45) is 16.8 Å². The van der Waals surface area contributed by atoms with E-state index in [9.17, 15) is 18.0 Å². The Kier molecular flexibility index (Phi) is 8.81. The number of amides is 1. The van der Waals surface area contributed by atoms with Crippen LogP contribution < -0.4 is 4.80 Å². The Bertz CT molecular complexity index is 1480. The first kappa shape index (κ1) is 28.2. The van der Waals surface area contributed by atoms with Crippen LogP contribution in [0.25, 0.3) is 10.2 Å². The molecular formula is C27H33N3O6S2. The van der Waals surface area contributed by atoms with Gasteiger partial charge in [-0.05, 0) is 67.6 Å². The predicted octanol–water partition coefficient (Wildman–Crippen LogP) is 3.93. The Labute approximate surface area is 226 Å². The summed E-state index contributed by atoms with van der Waals surface area (Å²) in [7, 11) is -2.05. The van der Waals surface area contributed by atoms with Crippen LogP contribution in [0.4, 0.5) is 0 Å². The van der Waals surface area contributed by atoms with Gasteiger partial charge in [0.05, 0.1) is 33.9 Å². The Hall–Kier alpha value is -2.86. The molecule has 0 radical (unpaired) electrons. The van der Waals surface area contributed by atoms with Gasteiger partial charge in [-0.15, -0.1) is 0 Å². The zero-order chi connectivity index (χ0) is 27.4. The molecule has 0 aliphatic carbocycles. The highest BCUT2D eigenvalue weighted by Crippen LogP contribution is 2.27. The van der Waals surface area contributed by atoms with Crippen molar-refractivity contribution in [1.82, 2.24) is 8.87 Å². The first-order valence-corrected chi connectivity index (χ1v) is 14.9. The van der Waals surface area contributed by atoms with Crippen molar-refractivity contribution in [3.63, 3.8) is 0 Å². The molecule has 9 nitrogen and oxygen atoms in total. The molecule has 204 valence electrons. The lowest BCUT2D eigenvalue weighted by molar-refractivity contribution is 0.0526. The summed E-state index contributed by atoms with van der Waals surface area (Å²) in [6.07, 6.45) is 1.01. The molecule has 1 fully saturated rings.